The lowest BCUT2D eigenvalue weighted by molar-refractivity contribution is 0.304. The van der Waals surface area contributed by atoms with Gasteiger partial charge >= 0.3 is 0 Å². The zero-order valence-electron chi connectivity index (χ0n) is 18.9. The van der Waals surface area contributed by atoms with Crippen LogP contribution in [0.15, 0.2) is 29.2 Å². The van der Waals surface area contributed by atoms with E-state index in [1.165, 1.54) is 4.68 Å². The molecule has 4 aromatic rings. The number of rotatable bonds is 5. The third kappa shape index (κ3) is 3.53. The maximum atomic E-state index is 15.6. The summed E-state index contributed by atoms with van der Waals surface area (Å²) >= 11 is 6.54. The van der Waals surface area contributed by atoms with E-state index in [1.54, 1.807) is 32.3 Å². The Bertz CT molecular complexity index is 1560. The Morgan fingerprint density at radius 2 is 2.12 bits per heavy atom. The average molecular weight is 478 g/mol. The Morgan fingerprint density at radius 1 is 1.35 bits per heavy atom. The number of aromatic amines is 1. The fraction of sp³-hybridized carbons (Fsp3) is 0.280. The highest BCUT2D eigenvalue weighted by molar-refractivity contribution is 6.36. The zero-order valence-corrected chi connectivity index (χ0v) is 19.6. The Morgan fingerprint density at radius 3 is 2.79 bits per heavy atom. The molecule has 0 unspecified atom stereocenters. The van der Waals surface area contributed by atoms with Gasteiger partial charge in [0.1, 0.15) is 11.6 Å². The molecule has 0 saturated heterocycles. The van der Waals surface area contributed by atoms with Gasteiger partial charge in [-0.1, -0.05) is 18.5 Å². The van der Waals surface area contributed by atoms with Crippen LogP contribution in [-0.2, 0) is 13.5 Å². The van der Waals surface area contributed by atoms with Gasteiger partial charge in [-0.15, -0.1) is 0 Å². The van der Waals surface area contributed by atoms with Crippen molar-refractivity contribution in [1.29, 1.82) is 0 Å². The standard InChI is InChI=1S/C25H21ClFN5O2/c1-5-18-15-9-13(10-17(26)20(15)25(33)31-30-18)16-11-29-32(4)24(16)21-22(27)12(2)8-19(23(21)28-3)34-14-6-7-14/h8-11,14H,5-7H2,1-2,4H3,(H,31,33). The van der Waals surface area contributed by atoms with Crippen LogP contribution in [0.25, 0.3) is 38.0 Å². The lowest BCUT2D eigenvalue weighted by Gasteiger charge is -2.16. The highest BCUT2D eigenvalue weighted by atomic mass is 35.5. The van der Waals surface area contributed by atoms with Crippen LogP contribution < -0.4 is 10.3 Å². The molecule has 1 N–H and O–H groups in total. The second-order valence-corrected chi connectivity index (χ2v) is 8.83. The fourth-order valence-electron chi connectivity index (χ4n) is 4.20. The number of hydrogen-bond acceptors (Lipinski definition) is 4. The summed E-state index contributed by atoms with van der Waals surface area (Å²) in [6, 6.07) is 5.06. The predicted molar refractivity (Wildman–Crippen MR) is 129 cm³/mol. The Hall–Kier alpha value is -3.70. The van der Waals surface area contributed by atoms with E-state index in [-0.39, 0.29) is 27.9 Å². The highest BCUT2D eigenvalue weighted by Crippen LogP contribution is 2.47. The summed E-state index contributed by atoms with van der Waals surface area (Å²) in [6.07, 6.45) is 4.09. The van der Waals surface area contributed by atoms with Crippen LogP contribution in [0.4, 0.5) is 10.1 Å². The number of nitrogens with one attached hydrogen (secondary N) is 1. The molecule has 1 fully saturated rings. The van der Waals surface area contributed by atoms with Crippen molar-refractivity contribution in [2.45, 2.75) is 39.2 Å². The molecule has 0 atom stereocenters. The fourth-order valence-corrected chi connectivity index (χ4v) is 4.51. The first kappa shape index (κ1) is 22.1. The van der Waals surface area contributed by atoms with Gasteiger partial charge in [0, 0.05) is 23.6 Å². The number of aromatic nitrogens is 4. The number of hydrogen-bond donors (Lipinski definition) is 1. The van der Waals surface area contributed by atoms with Crippen LogP contribution in [0, 0.1) is 19.3 Å². The van der Waals surface area contributed by atoms with Crippen molar-refractivity contribution < 1.29 is 9.13 Å². The lowest BCUT2D eigenvalue weighted by atomic mass is 9.96. The van der Waals surface area contributed by atoms with Gasteiger partial charge in [0.05, 0.1) is 40.7 Å². The van der Waals surface area contributed by atoms with E-state index < -0.39 is 5.82 Å². The molecule has 2 aromatic heterocycles. The molecule has 0 spiro atoms. The first-order chi connectivity index (χ1) is 16.3. The minimum absolute atomic E-state index is 0.0570. The maximum Gasteiger partial charge on any atom is 0.273 e. The topological polar surface area (TPSA) is 77.2 Å². The third-order valence-corrected chi connectivity index (χ3v) is 6.35. The molecule has 0 amide bonds. The number of H-pyrrole nitrogens is 1. The van der Waals surface area contributed by atoms with E-state index >= 15 is 4.39 Å². The quantitative estimate of drug-likeness (QED) is 0.371. The first-order valence-corrected chi connectivity index (χ1v) is 11.3. The summed E-state index contributed by atoms with van der Waals surface area (Å²) in [5.74, 6) is -0.127. The molecule has 5 rings (SSSR count). The molecule has 2 heterocycles. The number of nitrogens with zero attached hydrogens (tertiary/aromatic N) is 4. The average Bonchev–Trinajstić information content (AvgIpc) is 3.55. The summed E-state index contributed by atoms with van der Waals surface area (Å²) in [5.41, 5.74) is 2.59. The molecule has 0 aliphatic heterocycles. The summed E-state index contributed by atoms with van der Waals surface area (Å²) < 4.78 is 23.1. The molecular formula is C25H21ClFN5O2. The molecule has 2 aromatic carbocycles. The molecule has 172 valence electrons. The monoisotopic (exact) mass is 477 g/mol. The van der Waals surface area contributed by atoms with Crippen molar-refractivity contribution in [3.63, 3.8) is 0 Å². The van der Waals surface area contributed by atoms with Crippen LogP contribution in [0.3, 0.4) is 0 Å². The zero-order chi connectivity index (χ0) is 24.1. The minimum Gasteiger partial charge on any atom is -0.501 e. The molecule has 1 aliphatic carbocycles. The van der Waals surface area contributed by atoms with Gasteiger partial charge < -0.3 is 4.74 Å². The van der Waals surface area contributed by atoms with Crippen molar-refractivity contribution in [3.8, 4) is 28.1 Å². The highest BCUT2D eigenvalue weighted by Gasteiger charge is 2.29. The Balaban J connectivity index is 1.79. The Kier molecular flexibility index (Phi) is 5.37. The van der Waals surface area contributed by atoms with Gasteiger partial charge in [-0.05, 0) is 55.5 Å². The van der Waals surface area contributed by atoms with Crippen molar-refractivity contribution in [3.05, 3.63) is 68.3 Å². The van der Waals surface area contributed by atoms with E-state index in [4.69, 9.17) is 22.9 Å². The molecule has 34 heavy (non-hydrogen) atoms. The lowest BCUT2D eigenvalue weighted by Crippen LogP contribution is -2.11. The predicted octanol–water partition coefficient (Wildman–Crippen LogP) is 5.75. The first-order valence-electron chi connectivity index (χ1n) is 10.9. The molecule has 9 heteroatoms. The normalized spacial score (nSPS) is 13.3. The molecular weight excluding hydrogens is 457 g/mol. The van der Waals surface area contributed by atoms with Crippen molar-refractivity contribution in [2.75, 3.05) is 0 Å². The minimum atomic E-state index is -0.502. The van der Waals surface area contributed by atoms with Crippen LogP contribution in [-0.4, -0.2) is 26.1 Å². The number of benzene rings is 2. The van der Waals surface area contributed by atoms with Crippen molar-refractivity contribution in [1.82, 2.24) is 20.0 Å². The molecule has 0 radical (unpaired) electrons. The maximum absolute atomic E-state index is 15.6. The SMILES string of the molecule is [C-]#[N+]c1c(OC2CC2)cc(C)c(F)c1-c1c(-c2cc(Cl)c3c(=O)[nH]nc(CC)c3c2)cnn1C. The molecule has 1 aliphatic rings. The summed E-state index contributed by atoms with van der Waals surface area (Å²) in [7, 11) is 1.70. The van der Waals surface area contributed by atoms with E-state index in [2.05, 4.69) is 20.1 Å². The van der Waals surface area contributed by atoms with Crippen LogP contribution >= 0.6 is 11.6 Å². The van der Waals surface area contributed by atoms with E-state index in [0.29, 0.717) is 51.0 Å². The number of ether oxygens (including phenoxy) is 1. The van der Waals surface area contributed by atoms with Gasteiger partial charge in [0.2, 0.25) is 5.69 Å². The largest absolute Gasteiger partial charge is 0.501 e. The van der Waals surface area contributed by atoms with Crippen LogP contribution in [0.2, 0.25) is 5.02 Å². The Labute approximate surface area is 200 Å². The van der Waals surface area contributed by atoms with Crippen molar-refractivity contribution in [2.24, 2.45) is 7.05 Å². The third-order valence-electron chi connectivity index (χ3n) is 6.06. The van der Waals surface area contributed by atoms with Gasteiger partial charge in [0.15, 0.2) is 0 Å². The molecule has 7 nitrogen and oxygen atoms in total. The van der Waals surface area contributed by atoms with E-state index in [0.717, 1.165) is 12.8 Å². The van der Waals surface area contributed by atoms with E-state index in [9.17, 15) is 4.79 Å². The van der Waals surface area contributed by atoms with Crippen LogP contribution in [0.5, 0.6) is 5.75 Å². The second-order valence-electron chi connectivity index (χ2n) is 8.42. The van der Waals surface area contributed by atoms with Crippen LogP contribution in [0.1, 0.15) is 31.0 Å². The van der Waals surface area contributed by atoms with Gasteiger partial charge in [-0.25, -0.2) is 14.3 Å². The summed E-state index contributed by atoms with van der Waals surface area (Å²) in [5, 5.41) is 12.2. The smallest absolute Gasteiger partial charge is 0.273 e. The number of fused-ring (bicyclic) bond motifs is 1. The van der Waals surface area contributed by atoms with E-state index in [1.807, 2.05) is 13.0 Å². The van der Waals surface area contributed by atoms with Gasteiger partial charge in [0.25, 0.3) is 5.56 Å². The van der Waals surface area contributed by atoms with Gasteiger partial charge in [-0.3, -0.25) is 9.48 Å². The number of aryl methyl sites for hydroxylation is 3. The summed E-state index contributed by atoms with van der Waals surface area (Å²) in [6.45, 7) is 11.4. The second kappa shape index (κ2) is 8.26. The van der Waals surface area contributed by atoms with Crippen molar-refractivity contribution >= 4 is 28.1 Å². The summed E-state index contributed by atoms with van der Waals surface area (Å²) in [4.78, 5) is 16.0. The number of halogens is 2. The van der Waals surface area contributed by atoms with Gasteiger partial charge in [-0.2, -0.15) is 10.2 Å². The molecule has 0 bridgehead atoms. The molecule has 1 saturated carbocycles.